The van der Waals surface area contributed by atoms with E-state index in [0.717, 1.165) is 0 Å². The summed E-state index contributed by atoms with van der Waals surface area (Å²) >= 11 is 5.89. The second-order valence-corrected chi connectivity index (χ2v) is 3.96. The first kappa shape index (κ1) is 14.4. The molecule has 1 rings (SSSR count). The fraction of sp³-hybridized carbons (Fsp3) is 0.273. The lowest BCUT2D eigenvalue weighted by Crippen LogP contribution is -2.39. The summed E-state index contributed by atoms with van der Waals surface area (Å²) in [5.41, 5.74) is 0.329. The van der Waals surface area contributed by atoms with Crippen LogP contribution < -0.4 is 5.32 Å². The highest BCUT2D eigenvalue weighted by atomic mass is 35.5. The first-order valence-corrected chi connectivity index (χ1v) is 5.41. The number of aliphatic carboxylic acids is 2. The number of carbonyl (C=O) groups is 2. The van der Waals surface area contributed by atoms with E-state index in [1.807, 2.05) is 0 Å². The van der Waals surface area contributed by atoms with Crippen LogP contribution in [0.15, 0.2) is 24.3 Å². The summed E-state index contributed by atoms with van der Waals surface area (Å²) in [6, 6.07) is 5.22. The zero-order valence-corrected chi connectivity index (χ0v) is 9.96. The van der Waals surface area contributed by atoms with Crippen molar-refractivity contribution in [3.8, 4) is 0 Å². The van der Waals surface area contributed by atoms with Crippen molar-refractivity contribution >= 4 is 23.5 Å². The molecule has 0 spiro atoms. The lowest BCUT2D eigenvalue weighted by molar-refractivity contribution is -0.149. The van der Waals surface area contributed by atoms with Crippen molar-refractivity contribution < 1.29 is 24.9 Å². The molecule has 7 heteroatoms. The van der Waals surface area contributed by atoms with Gasteiger partial charge in [0.05, 0.1) is 12.6 Å². The first-order valence-electron chi connectivity index (χ1n) is 5.04. The van der Waals surface area contributed by atoms with Crippen LogP contribution in [0, 0.1) is 0 Å². The van der Waals surface area contributed by atoms with Crippen LogP contribution in [-0.4, -0.2) is 39.9 Å². The summed E-state index contributed by atoms with van der Waals surface area (Å²) in [6.07, 6.45) is -1.79. The number of carboxylic acids is 2. The summed E-state index contributed by atoms with van der Waals surface area (Å²) in [7, 11) is 0. The van der Waals surface area contributed by atoms with Gasteiger partial charge in [0.1, 0.15) is 0 Å². The van der Waals surface area contributed by atoms with Crippen molar-refractivity contribution in [2.24, 2.45) is 0 Å². The van der Waals surface area contributed by atoms with Gasteiger partial charge in [-0.25, -0.2) is 4.79 Å². The number of aliphatic hydroxyl groups is 1. The van der Waals surface area contributed by atoms with Gasteiger partial charge >= 0.3 is 11.9 Å². The third kappa shape index (κ3) is 3.69. The van der Waals surface area contributed by atoms with Crippen LogP contribution in [0.2, 0.25) is 5.02 Å². The van der Waals surface area contributed by atoms with Crippen LogP contribution in [0.1, 0.15) is 11.6 Å². The molecular formula is C11H12ClNO5. The molecule has 1 aromatic rings. The highest BCUT2D eigenvalue weighted by Gasteiger charge is 2.28. The van der Waals surface area contributed by atoms with Gasteiger partial charge in [-0.05, 0) is 11.6 Å². The van der Waals surface area contributed by atoms with Crippen molar-refractivity contribution in [2.75, 3.05) is 6.54 Å². The first-order chi connectivity index (χ1) is 8.43. The molecule has 0 saturated carbocycles. The van der Waals surface area contributed by atoms with E-state index in [4.69, 9.17) is 21.8 Å². The molecule has 0 fully saturated rings. The molecule has 98 valence electrons. The third-order valence-electron chi connectivity index (χ3n) is 2.28. The average Bonchev–Trinajstić information content (AvgIpc) is 2.30. The minimum absolute atomic E-state index is 0.251. The number of aliphatic hydroxyl groups excluding tert-OH is 1. The Balaban J connectivity index is 3.00. The van der Waals surface area contributed by atoms with Gasteiger partial charge in [-0.15, -0.1) is 0 Å². The summed E-state index contributed by atoms with van der Waals surface area (Å²) in [6.45, 7) is -0.486. The molecule has 0 aliphatic rings. The molecule has 0 amide bonds. The molecule has 2 atom stereocenters. The van der Waals surface area contributed by atoms with Crippen LogP contribution in [0.3, 0.4) is 0 Å². The van der Waals surface area contributed by atoms with Gasteiger partial charge in [0.2, 0.25) is 0 Å². The fourth-order valence-corrected chi connectivity index (χ4v) is 1.71. The topological polar surface area (TPSA) is 107 Å². The van der Waals surface area contributed by atoms with E-state index in [0.29, 0.717) is 5.56 Å². The Kier molecular flexibility index (Phi) is 5.08. The summed E-state index contributed by atoms with van der Waals surface area (Å²) < 4.78 is 0. The summed E-state index contributed by atoms with van der Waals surface area (Å²) in [4.78, 5) is 21.3. The number of carboxylic acid groups (broad SMARTS) is 2. The lowest BCUT2D eigenvalue weighted by atomic mass is 10.0. The van der Waals surface area contributed by atoms with Crippen molar-refractivity contribution in [1.82, 2.24) is 5.32 Å². The normalized spacial score (nSPS) is 13.9. The molecular weight excluding hydrogens is 262 g/mol. The summed E-state index contributed by atoms with van der Waals surface area (Å²) in [5.74, 6) is -2.62. The van der Waals surface area contributed by atoms with E-state index in [2.05, 4.69) is 5.32 Å². The fourth-order valence-electron chi connectivity index (χ4n) is 1.46. The molecule has 6 nitrogen and oxygen atoms in total. The Morgan fingerprint density at radius 3 is 2.39 bits per heavy atom. The third-order valence-corrected chi connectivity index (χ3v) is 2.63. The number of hydrogen-bond acceptors (Lipinski definition) is 4. The molecule has 2 unspecified atom stereocenters. The van der Waals surface area contributed by atoms with E-state index in [1.165, 1.54) is 12.1 Å². The van der Waals surface area contributed by atoms with Crippen LogP contribution >= 0.6 is 11.6 Å². The van der Waals surface area contributed by atoms with E-state index >= 15 is 0 Å². The number of hydrogen-bond donors (Lipinski definition) is 4. The largest absolute Gasteiger partial charge is 0.480 e. The average molecular weight is 274 g/mol. The molecule has 0 radical (unpaired) electrons. The van der Waals surface area contributed by atoms with Gasteiger partial charge in [-0.2, -0.15) is 0 Å². The number of nitrogens with one attached hydrogen (secondary N) is 1. The van der Waals surface area contributed by atoms with Crippen LogP contribution in [0.5, 0.6) is 0 Å². The SMILES string of the molecule is O=C(O)CNC(c1ccccc1Cl)C(O)C(=O)O. The smallest absolute Gasteiger partial charge is 0.334 e. The van der Waals surface area contributed by atoms with Crippen LogP contribution in [0.4, 0.5) is 0 Å². The lowest BCUT2D eigenvalue weighted by Gasteiger charge is -2.22. The maximum Gasteiger partial charge on any atom is 0.334 e. The quantitative estimate of drug-likeness (QED) is 0.601. The molecule has 18 heavy (non-hydrogen) atoms. The van der Waals surface area contributed by atoms with Gasteiger partial charge < -0.3 is 15.3 Å². The second-order valence-electron chi connectivity index (χ2n) is 3.56. The highest BCUT2D eigenvalue weighted by Crippen LogP contribution is 2.25. The van der Waals surface area contributed by atoms with Gasteiger partial charge in [-0.1, -0.05) is 29.8 Å². The second kappa shape index (κ2) is 6.34. The summed E-state index contributed by atoms with van der Waals surface area (Å²) in [5, 5.41) is 29.6. The number of rotatable bonds is 6. The van der Waals surface area contributed by atoms with Crippen molar-refractivity contribution in [1.29, 1.82) is 0 Å². The van der Waals surface area contributed by atoms with Crippen molar-refractivity contribution in [3.63, 3.8) is 0 Å². The molecule has 0 bridgehead atoms. The van der Waals surface area contributed by atoms with Gasteiger partial charge in [0, 0.05) is 5.02 Å². The predicted molar refractivity (Wildman–Crippen MR) is 63.5 cm³/mol. The molecule has 0 aliphatic heterocycles. The monoisotopic (exact) mass is 273 g/mol. The van der Waals surface area contributed by atoms with Gasteiger partial charge in [0.25, 0.3) is 0 Å². The van der Waals surface area contributed by atoms with Crippen molar-refractivity contribution in [3.05, 3.63) is 34.9 Å². The highest BCUT2D eigenvalue weighted by molar-refractivity contribution is 6.31. The number of halogens is 1. The number of benzene rings is 1. The molecule has 0 saturated heterocycles. The Labute approximate surface area is 108 Å². The van der Waals surface area contributed by atoms with E-state index < -0.39 is 30.6 Å². The minimum atomic E-state index is -1.79. The zero-order valence-electron chi connectivity index (χ0n) is 9.21. The van der Waals surface area contributed by atoms with Gasteiger partial charge in [0.15, 0.2) is 6.10 Å². The standard InChI is InChI=1S/C11H12ClNO5/c12-7-4-2-1-3-6(7)9(10(16)11(17)18)13-5-8(14)15/h1-4,9-10,13,16H,5H2,(H,14,15)(H,17,18). The molecule has 0 heterocycles. The minimum Gasteiger partial charge on any atom is -0.480 e. The molecule has 4 N–H and O–H groups in total. The maximum absolute atomic E-state index is 10.8. The Morgan fingerprint density at radius 1 is 1.28 bits per heavy atom. The Bertz CT molecular complexity index is 451. The van der Waals surface area contributed by atoms with E-state index in [9.17, 15) is 14.7 Å². The molecule has 0 aromatic heterocycles. The van der Waals surface area contributed by atoms with Crippen LogP contribution in [-0.2, 0) is 9.59 Å². The molecule has 0 aliphatic carbocycles. The molecule has 1 aromatic carbocycles. The Hall–Kier alpha value is -1.63. The maximum atomic E-state index is 10.8. The van der Waals surface area contributed by atoms with Crippen LogP contribution in [0.25, 0.3) is 0 Å². The van der Waals surface area contributed by atoms with E-state index in [1.54, 1.807) is 12.1 Å². The van der Waals surface area contributed by atoms with Crippen molar-refractivity contribution in [2.45, 2.75) is 12.1 Å². The zero-order chi connectivity index (χ0) is 13.7. The Morgan fingerprint density at radius 2 is 1.89 bits per heavy atom. The van der Waals surface area contributed by atoms with E-state index in [-0.39, 0.29) is 5.02 Å². The van der Waals surface area contributed by atoms with Gasteiger partial charge in [-0.3, -0.25) is 10.1 Å². The predicted octanol–water partition coefficient (Wildman–Crippen LogP) is 0.501.